The minimum Gasteiger partial charge on any atom is -0.320 e. The average Bonchev–Trinajstić information content (AvgIpc) is 3.25. The van der Waals surface area contributed by atoms with E-state index in [1.807, 2.05) is 55.6 Å². The number of fused-ring (bicyclic) bond motifs is 1. The number of amides is 1. The molecule has 1 N–H and O–H groups in total. The molecule has 1 aliphatic heterocycles. The molecule has 0 saturated heterocycles. The summed E-state index contributed by atoms with van der Waals surface area (Å²) in [5.74, 6) is -0.123. The normalized spacial score (nSPS) is 14.1. The van der Waals surface area contributed by atoms with Gasteiger partial charge in [0.15, 0.2) is 0 Å². The van der Waals surface area contributed by atoms with Gasteiger partial charge in [-0.25, -0.2) is 4.68 Å². The number of rotatable bonds is 5. The highest BCUT2D eigenvalue weighted by Crippen LogP contribution is 2.24. The topological polar surface area (TPSA) is 59.3 Å². The Labute approximate surface area is 168 Å². The maximum absolute atomic E-state index is 12.9. The van der Waals surface area contributed by atoms with Gasteiger partial charge < -0.3 is 5.32 Å². The number of carbonyl (C=O) groups excluding carboxylic acids is 1. The van der Waals surface area contributed by atoms with Crippen LogP contribution in [0, 0.1) is 6.92 Å². The van der Waals surface area contributed by atoms with Gasteiger partial charge in [0.05, 0.1) is 11.4 Å². The van der Waals surface area contributed by atoms with Gasteiger partial charge in [0.25, 0.3) is 5.56 Å². The lowest BCUT2D eigenvalue weighted by Crippen LogP contribution is -2.32. The fourth-order valence-electron chi connectivity index (χ4n) is 3.67. The predicted molar refractivity (Wildman–Crippen MR) is 112 cm³/mol. The van der Waals surface area contributed by atoms with Crippen molar-refractivity contribution in [3.63, 3.8) is 0 Å². The number of aromatic nitrogens is 2. The summed E-state index contributed by atoms with van der Waals surface area (Å²) >= 11 is 1.81. The van der Waals surface area contributed by atoms with Crippen LogP contribution in [0.2, 0.25) is 0 Å². The second-order valence-electron chi connectivity index (χ2n) is 7.13. The van der Waals surface area contributed by atoms with Gasteiger partial charge in [-0.1, -0.05) is 18.2 Å². The van der Waals surface area contributed by atoms with E-state index in [1.54, 1.807) is 9.36 Å². The first-order valence-corrected chi connectivity index (χ1v) is 10.3. The van der Waals surface area contributed by atoms with E-state index in [4.69, 9.17) is 0 Å². The smallest absolute Gasteiger partial charge is 0.295 e. The van der Waals surface area contributed by atoms with Gasteiger partial charge in [-0.2, -0.15) is 0 Å². The highest BCUT2D eigenvalue weighted by molar-refractivity contribution is 7.10. The molecule has 4 rings (SSSR count). The summed E-state index contributed by atoms with van der Waals surface area (Å²) in [6, 6.07) is 11.6. The Balaban J connectivity index is 1.43. The zero-order valence-electron chi connectivity index (χ0n) is 16.1. The number of para-hydroxylation sites is 1. The molecule has 0 saturated carbocycles. The minimum atomic E-state index is -0.208. The Hall–Kier alpha value is -2.64. The van der Waals surface area contributed by atoms with E-state index in [1.165, 1.54) is 10.4 Å². The molecule has 0 atom stereocenters. The van der Waals surface area contributed by atoms with Crippen LogP contribution in [0.1, 0.15) is 22.6 Å². The van der Waals surface area contributed by atoms with Crippen LogP contribution in [0.25, 0.3) is 5.69 Å². The number of benzene rings is 1. The van der Waals surface area contributed by atoms with Crippen LogP contribution in [0.15, 0.2) is 46.6 Å². The second kappa shape index (κ2) is 7.77. The molecule has 1 aromatic carbocycles. The van der Waals surface area contributed by atoms with Crippen LogP contribution in [0.4, 0.5) is 5.69 Å². The molecular weight excluding hydrogens is 372 g/mol. The number of hydrogen-bond acceptors (Lipinski definition) is 4. The molecule has 0 fully saturated rings. The van der Waals surface area contributed by atoms with Crippen LogP contribution in [-0.4, -0.2) is 33.3 Å². The third kappa shape index (κ3) is 3.55. The summed E-state index contributed by atoms with van der Waals surface area (Å²) in [4.78, 5) is 29.2. The van der Waals surface area contributed by atoms with Gasteiger partial charge in [-0.05, 0) is 42.5 Å². The molecule has 2 aromatic heterocycles. The molecule has 0 bridgehead atoms. The number of anilines is 1. The number of carbonyl (C=O) groups is 1. The fourth-order valence-corrected chi connectivity index (χ4v) is 4.56. The van der Waals surface area contributed by atoms with Crippen molar-refractivity contribution < 1.29 is 4.79 Å². The highest BCUT2D eigenvalue weighted by Gasteiger charge is 2.20. The molecule has 0 spiro atoms. The van der Waals surface area contributed by atoms with E-state index in [9.17, 15) is 9.59 Å². The van der Waals surface area contributed by atoms with Crippen LogP contribution >= 0.6 is 11.3 Å². The monoisotopic (exact) mass is 396 g/mol. The van der Waals surface area contributed by atoms with Crippen molar-refractivity contribution in [1.82, 2.24) is 14.3 Å². The Bertz CT molecular complexity index is 1050. The lowest BCUT2D eigenvalue weighted by Gasteiger charge is -2.26. The lowest BCUT2D eigenvalue weighted by atomic mass is 10.1. The van der Waals surface area contributed by atoms with Crippen LogP contribution in [-0.2, 0) is 24.8 Å². The largest absolute Gasteiger partial charge is 0.320 e. The molecule has 6 nitrogen and oxygen atoms in total. The number of thiophene rings is 1. The molecular formula is C21H24N4O2S. The maximum atomic E-state index is 12.9. The Morgan fingerprint density at radius 3 is 2.79 bits per heavy atom. The summed E-state index contributed by atoms with van der Waals surface area (Å²) in [5, 5.41) is 4.98. The van der Waals surface area contributed by atoms with Crippen molar-refractivity contribution >= 4 is 22.9 Å². The summed E-state index contributed by atoms with van der Waals surface area (Å²) < 4.78 is 3.35. The van der Waals surface area contributed by atoms with E-state index in [-0.39, 0.29) is 11.5 Å². The van der Waals surface area contributed by atoms with Crippen molar-refractivity contribution in [2.24, 2.45) is 7.05 Å². The zero-order chi connectivity index (χ0) is 19.7. The van der Waals surface area contributed by atoms with Gasteiger partial charge >= 0.3 is 0 Å². The molecule has 0 unspecified atom stereocenters. The molecule has 7 heteroatoms. The first-order valence-electron chi connectivity index (χ1n) is 9.46. The Morgan fingerprint density at radius 1 is 1.21 bits per heavy atom. The van der Waals surface area contributed by atoms with E-state index in [2.05, 4.69) is 21.7 Å². The van der Waals surface area contributed by atoms with Crippen molar-refractivity contribution in [3.8, 4) is 5.69 Å². The van der Waals surface area contributed by atoms with E-state index < -0.39 is 0 Å². The molecule has 28 heavy (non-hydrogen) atoms. The van der Waals surface area contributed by atoms with Gasteiger partial charge in [0.1, 0.15) is 5.69 Å². The van der Waals surface area contributed by atoms with Gasteiger partial charge in [0, 0.05) is 38.0 Å². The molecule has 3 heterocycles. The predicted octanol–water partition coefficient (Wildman–Crippen LogP) is 2.93. The molecule has 3 aromatic rings. The lowest BCUT2D eigenvalue weighted by molar-refractivity contribution is -0.116. The molecule has 1 amide bonds. The first-order chi connectivity index (χ1) is 13.5. The van der Waals surface area contributed by atoms with E-state index in [0.29, 0.717) is 18.7 Å². The maximum Gasteiger partial charge on any atom is 0.295 e. The van der Waals surface area contributed by atoms with Gasteiger partial charge in [-0.15, -0.1) is 11.3 Å². The molecule has 0 radical (unpaired) electrons. The van der Waals surface area contributed by atoms with Crippen molar-refractivity contribution in [2.45, 2.75) is 26.3 Å². The van der Waals surface area contributed by atoms with Crippen LogP contribution in [0.3, 0.4) is 0 Å². The number of nitrogens with zero attached hydrogens (tertiary/aromatic N) is 3. The minimum absolute atomic E-state index is 0.123. The fraction of sp³-hybridized carbons (Fsp3) is 0.333. The molecule has 1 aliphatic rings. The highest BCUT2D eigenvalue weighted by atomic mass is 32.1. The van der Waals surface area contributed by atoms with Gasteiger partial charge in [-0.3, -0.25) is 19.2 Å². The average molecular weight is 397 g/mol. The second-order valence-corrected chi connectivity index (χ2v) is 8.13. The SMILES string of the molecule is Cc1c(NC(=O)CCN2CCc3sccc3C2)c(=O)n(-c2ccccc2)n1C. The number of hydrogen-bond donors (Lipinski definition) is 1. The van der Waals surface area contributed by atoms with Crippen molar-refractivity contribution in [3.05, 3.63) is 68.3 Å². The quantitative estimate of drug-likeness (QED) is 0.721. The molecule has 0 aliphatic carbocycles. The third-order valence-corrected chi connectivity index (χ3v) is 6.38. The van der Waals surface area contributed by atoms with Crippen LogP contribution in [0.5, 0.6) is 0 Å². The summed E-state index contributed by atoms with van der Waals surface area (Å²) in [6.45, 7) is 4.42. The Morgan fingerprint density at radius 2 is 2.00 bits per heavy atom. The number of nitrogens with one attached hydrogen (secondary N) is 1. The zero-order valence-corrected chi connectivity index (χ0v) is 17.0. The summed E-state index contributed by atoms with van der Waals surface area (Å²) in [6.07, 6.45) is 1.42. The van der Waals surface area contributed by atoms with Crippen molar-refractivity contribution in [1.29, 1.82) is 0 Å². The summed E-state index contributed by atoms with van der Waals surface area (Å²) in [7, 11) is 1.82. The van der Waals surface area contributed by atoms with Crippen LogP contribution < -0.4 is 10.9 Å². The van der Waals surface area contributed by atoms with E-state index >= 15 is 0 Å². The van der Waals surface area contributed by atoms with E-state index in [0.717, 1.165) is 30.9 Å². The standard InChI is InChI=1S/C21H24N4O2S/c1-15-20(21(27)25(23(15)2)17-6-4-3-5-7-17)22-19(26)9-12-24-11-8-18-16(14-24)10-13-28-18/h3-7,10,13H,8-9,11-12,14H2,1-2H3,(H,22,26). The summed E-state index contributed by atoms with van der Waals surface area (Å²) in [5.41, 5.74) is 3.04. The third-order valence-electron chi connectivity index (χ3n) is 5.36. The Kier molecular flexibility index (Phi) is 5.19. The van der Waals surface area contributed by atoms with Crippen molar-refractivity contribution in [2.75, 3.05) is 18.4 Å². The van der Waals surface area contributed by atoms with Gasteiger partial charge in [0.2, 0.25) is 5.91 Å². The first kappa shape index (κ1) is 18.7. The molecule has 146 valence electrons.